The second-order valence-electron chi connectivity index (χ2n) is 5.25. The summed E-state index contributed by atoms with van der Waals surface area (Å²) < 4.78 is 27.5. The maximum atomic E-state index is 13.0. The minimum atomic E-state index is -3.58. The second kappa shape index (κ2) is 4.34. The fourth-order valence-corrected chi connectivity index (χ4v) is 4.96. The van der Waals surface area contributed by atoms with Crippen molar-refractivity contribution in [2.45, 2.75) is 38.1 Å². The van der Waals surface area contributed by atoms with Crippen LogP contribution in [0.25, 0.3) is 0 Å². The molecule has 1 aromatic heterocycles. The zero-order chi connectivity index (χ0) is 14.5. The van der Waals surface area contributed by atoms with Gasteiger partial charge in [-0.1, -0.05) is 18.2 Å². The summed E-state index contributed by atoms with van der Waals surface area (Å²) in [7, 11) is -3.58. The highest BCUT2D eigenvalue weighted by Gasteiger charge is 2.38. The number of aryl methyl sites for hydroxylation is 2. The number of aromatic amines is 1. The van der Waals surface area contributed by atoms with Crippen LogP contribution in [0.1, 0.15) is 23.9 Å². The number of rotatable bonds is 2. The molecule has 6 heteroatoms. The molecule has 0 radical (unpaired) electrons. The van der Waals surface area contributed by atoms with Gasteiger partial charge in [0.25, 0.3) is 10.0 Å². The van der Waals surface area contributed by atoms with E-state index in [2.05, 4.69) is 10.2 Å². The number of benzene rings is 1. The number of H-pyrrole nitrogens is 1. The summed E-state index contributed by atoms with van der Waals surface area (Å²) in [4.78, 5) is 0.293. The monoisotopic (exact) mass is 291 g/mol. The first-order valence-electron chi connectivity index (χ1n) is 6.57. The predicted molar refractivity (Wildman–Crippen MR) is 77.3 cm³/mol. The van der Waals surface area contributed by atoms with Crippen molar-refractivity contribution in [3.05, 3.63) is 41.2 Å². The molecule has 1 aliphatic heterocycles. The maximum absolute atomic E-state index is 13.0. The summed E-state index contributed by atoms with van der Waals surface area (Å²) in [6, 6.07) is 7.58. The number of hydrogen-bond acceptors (Lipinski definition) is 3. The van der Waals surface area contributed by atoms with E-state index >= 15 is 0 Å². The molecule has 0 fully saturated rings. The lowest BCUT2D eigenvalue weighted by Crippen LogP contribution is -2.36. The minimum absolute atomic E-state index is 0.0777. The Bertz CT molecular complexity index is 745. The Kier molecular flexibility index (Phi) is 2.86. The Morgan fingerprint density at radius 1 is 1.30 bits per heavy atom. The second-order valence-corrected chi connectivity index (χ2v) is 7.00. The van der Waals surface area contributed by atoms with Crippen molar-refractivity contribution in [2.24, 2.45) is 0 Å². The quantitative estimate of drug-likeness (QED) is 0.922. The van der Waals surface area contributed by atoms with Gasteiger partial charge in [0.1, 0.15) is 4.90 Å². The summed E-state index contributed by atoms with van der Waals surface area (Å²) >= 11 is 0. The van der Waals surface area contributed by atoms with E-state index in [4.69, 9.17) is 0 Å². The zero-order valence-electron chi connectivity index (χ0n) is 11.7. The van der Waals surface area contributed by atoms with Crippen molar-refractivity contribution in [1.82, 2.24) is 10.2 Å². The molecule has 106 valence electrons. The lowest BCUT2D eigenvalue weighted by molar-refractivity contribution is 0.583. The number of sulfonamides is 1. The number of anilines is 1. The maximum Gasteiger partial charge on any atom is 0.268 e. The molecule has 2 aromatic rings. The molecule has 20 heavy (non-hydrogen) atoms. The summed E-state index contributed by atoms with van der Waals surface area (Å²) in [5.41, 5.74) is 2.94. The molecule has 0 bridgehead atoms. The molecule has 1 N–H and O–H groups in total. The van der Waals surface area contributed by atoms with Gasteiger partial charge in [-0.2, -0.15) is 5.10 Å². The largest absolute Gasteiger partial charge is 0.281 e. The van der Waals surface area contributed by atoms with Crippen LogP contribution in [0.15, 0.2) is 29.2 Å². The summed E-state index contributed by atoms with van der Waals surface area (Å²) in [5.74, 6) is 0. The third-order valence-electron chi connectivity index (χ3n) is 3.72. The number of aromatic nitrogens is 2. The molecule has 3 rings (SSSR count). The van der Waals surface area contributed by atoms with E-state index in [1.54, 1.807) is 13.8 Å². The zero-order valence-corrected chi connectivity index (χ0v) is 12.5. The number of hydrogen-bond donors (Lipinski definition) is 1. The number of para-hydroxylation sites is 1. The Hall–Kier alpha value is -1.82. The first-order chi connectivity index (χ1) is 9.43. The molecule has 1 aromatic carbocycles. The number of nitrogens with zero attached hydrogens (tertiary/aromatic N) is 2. The van der Waals surface area contributed by atoms with Crippen LogP contribution in [0, 0.1) is 13.8 Å². The lowest BCUT2D eigenvalue weighted by Gasteiger charge is -2.24. The van der Waals surface area contributed by atoms with Gasteiger partial charge in [-0.15, -0.1) is 0 Å². The SMILES string of the molecule is Cc1n[nH]c(C)c1S(=O)(=O)N1c2ccccc2C[C@H]1C. The van der Waals surface area contributed by atoms with E-state index in [-0.39, 0.29) is 6.04 Å². The lowest BCUT2D eigenvalue weighted by atomic mass is 10.1. The highest BCUT2D eigenvalue weighted by molar-refractivity contribution is 7.93. The van der Waals surface area contributed by atoms with Crippen LogP contribution < -0.4 is 4.31 Å². The number of fused-ring (bicyclic) bond motifs is 1. The minimum Gasteiger partial charge on any atom is -0.281 e. The van der Waals surface area contributed by atoms with E-state index in [1.165, 1.54) is 4.31 Å². The van der Waals surface area contributed by atoms with Gasteiger partial charge < -0.3 is 0 Å². The van der Waals surface area contributed by atoms with Gasteiger partial charge in [0.05, 0.1) is 17.1 Å². The van der Waals surface area contributed by atoms with Crippen molar-refractivity contribution < 1.29 is 8.42 Å². The molecular weight excluding hydrogens is 274 g/mol. The van der Waals surface area contributed by atoms with E-state index in [0.717, 1.165) is 17.7 Å². The molecule has 0 aliphatic carbocycles. The molecule has 1 aliphatic rings. The van der Waals surface area contributed by atoms with Crippen LogP contribution in [-0.4, -0.2) is 24.7 Å². The Balaban J connectivity index is 2.18. The molecule has 0 unspecified atom stereocenters. The molecule has 0 spiro atoms. The van der Waals surface area contributed by atoms with E-state index in [9.17, 15) is 8.42 Å². The normalized spacial score (nSPS) is 18.4. The third-order valence-corrected chi connectivity index (χ3v) is 5.91. The van der Waals surface area contributed by atoms with E-state index in [0.29, 0.717) is 16.3 Å². The fraction of sp³-hybridized carbons (Fsp3) is 0.357. The molecule has 0 saturated carbocycles. The molecule has 0 amide bonds. The van der Waals surface area contributed by atoms with Gasteiger partial charge in [0.2, 0.25) is 0 Å². The first kappa shape index (κ1) is 13.2. The Morgan fingerprint density at radius 2 is 2.00 bits per heavy atom. The van der Waals surface area contributed by atoms with Crippen molar-refractivity contribution in [1.29, 1.82) is 0 Å². The molecule has 5 nitrogen and oxygen atoms in total. The van der Waals surface area contributed by atoms with Crippen molar-refractivity contribution in [2.75, 3.05) is 4.31 Å². The van der Waals surface area contributed by atoms with Crippen molar-refractivity contribution in [3.8, 4) is 0 Å². The van der Waals surface area contributed by atoms with Crippen LogP contribution in [0.4, 0.5) is 5.69 Å². The van der Waals surface area contributed by atoms with Gasteiger partial charge >= 0.3 is 0 Å². The Labute approximate surface area is 118 Å². The van der Waals surface area contributed by atoms with Gasteiger partial charge in [-0.3, -0.25) is 9.40 Å². The Morgan fingerprint density at radius 3 is 2.65 bits per heavy atom. The topological polar surface area (TPSA) is 66.1 Å². The van der Waals surface area contributed by atoms with Gasteiger partial charge in [-0.05, 0) is 38.8 Å². The smallest absolute Gasteiger partial charge is 0.268 e. The predicted octanol–water partition coefficient (Wildman–Crippen LogP) is 2.17. The van der Waals surface area contributed by atoms with E-state index < -0.39 is 10.0 Å². The average molecular weight is 291 g/mol. The van der Waals surface area contributed by atoms with Gasteiger partial charge in [0.15, 0.2) is 0 Å². The summed E-state index contributed by atoms with van der Waals surface area (Å²) in [5, 5.41) is 6.75. The number of nitrogens with one attached hydrogen (secondary N) is 1. The van der Waals surface area contributed by atoms with Crippen molar-refractivity contribution >= 4 is 15.7 Å². The molecule has 0 saturated heterocycles. The molecule has 1 atom stereocenters. The van der Waals surface area contributed by atoms with Crippen LogP contribution in [0.3, 0.4) is 0 Å². The highest BCUT2D eigenvalue weighted by Crippen LogP contribution is 2.37. The summed E-state index contributed by atoms with van der Waals surface area (Å²) in [6.45, 7) is 5.38. The first-order valence-corrected chi connectivity index (χ1v) is 8.01. The van der Waals surface area contributed by atoms with Gasteiger partial charge in [0, 0.05) is 6.04 Å². The average Bonchev–Trinajstić information content (AvgIpc) is 2.88. The molecular formula is C14H17N3O2S. The van der Waals surface area contributed by atoms with E-state index in [1.807, 2.05) is 31.2 Å². The third kappa shape index (κ3) is 1.75. The van der Waals surface area contributed by atoms with Crippen LogP contribution in [-0.2, 0) is 16.4 Å². The van der Waals surface area contributed by atoms with Crippen LogP contribution in [0.5, 0.6) is 0 Å². The van der Waals surface area contributed by atoms with Gasteiger partial charge in [-0.25, -0.2) is 8.42 Å². The summed E-state index contributed by atoms with van der Waals surface area (Å²) in [6.07, 6.45) is 0.741. The molecule has 2 heterocycles. The standard InChI is InChI=1S/C14H17N3O2S/c1-9-8-12-6-4-5-7-13(12)17(9)20(18,19)14-10(2)15-16-11(14)3/h4-7,9H,8H2,1-3H3,(H,15,16)/t9-/m1/s1. The van der Waals surface area contributed by atoms with Crippen LogP contribution >= 0.6 is 0 Å². The van der Waals surface area contributed by atoms with Crippen molar-refractivity contribution in [3.63, 3.8) is 0 Å². The highest BCUT2D eigenvalue weighted by atomic mass is 32.2. The van der Waals surface area contributed by atoms with Crippen LogP contribution in [0.2, 0.25) is 0 Å². The fourth-order valence-electron chi connectivity index (χ4n) is 2.92.